The van der Waals surface area contributed by atoms with Crippen LogP contribution in [0.25, 0.3) is 0 Å². The van der Waals surface area contributed by atoms with Crippen molar-refractivity contribution in [1.29, 1.82) is 0 Å². The Hall–Kier alpha value is -2.31. The van der Waals surface area contributed by atoms with Gasteiger partial charge in [0.15, 0.2) is 12.4 Å². The second-order valence-electron chi connectivity index (χ2n) is 4.67. The van der Waals surface area contributed by atoms with E-state index in [4.69, 9.17) is 27.9 Å². The molecule has 0 unspecified atom stereocenters. The predicted octanol–water partition coefficient (Wildman–Crippen LogP) is 4.23. The molecule has 1 N–H and O–H groups in total. The van der Waals surface area contributed by atoms with Crippen molar-refractivity contribution in [3.8, 4) is 5.75 Å². The van der Waals surface area contributed by atoms with Gasteiger partial charge in [-0.2, -0.15) is 0 Å². The lowest BCUT2D eigenvalue weighted by Crippen LogP contribution is -2.21. The first-order chi connectivity index (χ1) is 10.9. The number of aryl methyl sites for hydroxylation is 1. The molecule has 0 aliphatic heterocycles. The summed E-state index contributed by atoms with van der Waals surface area (Å²) in [6, 6.07) is 9.04. The largest absolute Gasteiger partial charge is 0.477 e. The lowest BCUT2D eigenvalue weighted by molar-refractivity contribution is -0.385. The number of carbonyl (C=O) groups is 1. The highest BCUT2D eigenvalue weighted by Crippen LogP contribution is 2.29. The summed E-state index contributed by atoms with van der Waals surface area (Å²) in [7, 11) is 0. The molecule has 23 heavy (non-hydrogen) atoms. The molecule has 8 heteroatoms. The van der Waals surface area contributed by atoms with Crippen LogP contribution in [0.1, 0.15) is 5.56 Å². The monoisotopic (exact) mass is 354 g/mol. The van der Waals surface area contributed by atoms with Gasteiger partial charge in [-0.05, 0) is 36.8 Å². The molecule has 0 heterocycles. The van der Waals surface area contributed by atoms with E-state index in [-0.39, 0.29) is 23.1 Å². The lowest BCUT2D eigenvalue weighted by atomic mass is 10.2. The van der Waals surface area contributed by atoms with Crippen LogP contribution < -0.4 is 10.1 Å². The summed E-state index contributed by atoms with van der Waals surface area (Å²) in [5.41, 5.74) is 1.08. The van der Waals surface area contributed by atoms with Crippen LogP contribution in [-0.4, -0.2) is 17.4 Å². The molecule has 1 amide bonds. The molecule has 0 aliphatic carbocycles. The normalized spacial score (nSPS) is 10.2. The summed E-state index contributed by atoms with van der Waals surface area (Å²) in [5, 5.41) is 14.3. The average molecular weight is 355 g/mol. The van der Waals surface area contributed by atoms with Crippen molar-refractivity contribution in [2.45, 2.75) is 6.92 Å². The molecule has 0 saturated carbocycles. The Morgan fingerprint density at radius 1 is 1.22 bits per heavy atom. The molecule has 2 aromatic carbocycles. The Bertz CT molecular complexity index is 765. The zero-order valence-electron chi connectivity index (χ0n) is 12.0. The van der Waals surface area contributed by atoms with Gasteiger partial charge in [0.2, 0.25) is 0 Å². The van der Waals surface area contributed by atoms with Crippen LogP contribution in [0.3, 0.4) is 0 Å². The number of nitrogens with one attached hydrogen (secondary N) is 1. The van der Waals surface area contributed by atoms with Crippen molar-refractivity contribution in [1.82, 2.24) is 0 Å². The van der Waals surface area contributed by atoms with Gasteiger partial charge in [0, 0.05) is 21.8 Å². The smallest absolute Gasteiger partial charge is 0.312 e. The lowest BCUT2D eigenvalue weighted by Gasteiger charge is -2.10. The van der Waals surface area contributed by atoms with Crippen LogP contribution in [0, 0.1) is 17.0 Å². The zero-order chi connectivity index (χ0) is 17.0. The van der Waals surface area contributed by atoms with Crippen LogP contribution in [-0.2, 0) is 4.79 Å². The number of nitro benzene ring substituents is 1. The molecule has 0 spiro atoms. The summed E-state index contributed by atoms with van der Waals surface area (Å²) in [6.45, 7) is 1.44. The number of benzene rings is 2. The van der Waals surface area contributed by atoms with Gasteiger partial charge in [-0.25, -0.2) is 0 Å². The summed E-state index contributed by atoms with van der Waals surface area (Å²) in [6.07, 6.45) is 0. The van der Waals surface area contributed by atoms with Crippen molar-refractivity contribution in [2.24, 2.45) is 0 Å². The summed E-state index contributed by atoms with van der Waals surface area (Å²) >= 11 is 11.6. The topological polar surface area (TPSA) is 81.5 Å². The fraction of sp³-hybridized carbons (Fsp3) is 0.133. The number of carbonyl (C=O) groups excluding carboxylic acids is 1. The number of anilines is 1. The molecule has 0 bridgehead atoms. The van der Waals surface area contributed by atoms with Gasteiger partial charge in [0.05, 0.1) is 4.92 Å². The molecule has 2 rings (SSSR count). The number of hydrogen-bond donors (Lipinski definition) is 1. The van der Waals surface area contributed by atoms with Gasteiger partial charge < -0.3 is 10.1 Å². The quantitative estimate of drug-likeness (QED) is 0.643. The van der Waals surface area contributed by atoms with Crippen LogP contribution >= 0.6 is 23.2 Å². The first-order valence-electron chi connectivity index (χ1n) is 6.49. The highest BCUT2D eigenvalue weighted by Gasteiger charge is 2.17. The molecule has 0 saturated heterocycles. The number of amides is 1. The molecule has 0 radical (unpaired) electrons. The van der Waals surface area contributed by atoms with Gasteiger partial charge in [0.1, 0.15) is 0 Å². The molecule has 0 fully saturated rings. The van der Waals surface area contributed by atoms with Crippen LogP contribution in [0.4, 0.5) is 11.4 Å². The number of nitrogens with zero attached hydrogens (tertiary/aromatic N) is 1. The maximum absolute atomic E-state index is 11.9. The molecule has 2 aromatic rings. The zero-order valence-corrected chi connectivity index (χ0v) is 13.5. The number of rotatable bonds is 5. The van der Waals surface area contributed by atoms with Gasteiger partial charge in [-0.1, -0.05) is 29.3 Å². The Kier molecular flexibility index (Phi) is 5.41. The van der Waals surface area contributed by atoms with Crippen LogP contribution in [0.5, 0.6) is 5.75 Å². The summed E-state index contributed by atoms with van der Waals surface area (Å²) < 4.78 is 5.21. The van der Waals surface area contributed by atoms with E-state index in [1.54, 1.807) is 18.2 Å². The Morgan fingerprint density at radius 2 is 1.87 bits per heavy atom. The molecule has 0 aromatic heterocycles. The Labute approximate surface area is 142 Å². The molecular weight excluding hydrogens is 343 g/mol. The molecule has 0 atom stereocenters. The van der Waals surface area contributed by atoms with Crippen molar-refractivity contribution < 1.29 is 14.5 Å². The molecule has 0 aliphatic rings. The number of ether oxygens (including phenoxy) is 1. The third-order valence-corrected chi connectivity index (χ3v) is 3.42. The first kappa shape index (κ1) is 17.1. The van der Waals surface area contributed by atoms with E-state index in [0.717, 1.165) is 11.6 Å². The van der Waals surface area contributed by atoms with Gasteiger partial charge in [-0.15, -0.1) is 0 Å². The maximum atomic E-state index is 11.9. The van der Waals surface area contributed by atoms with Crippen molar-refractivity contribution in [2.75, 3.05) is 11.9 Å². The highest BCUT2D eigenvalue weighted by atomic mass is 35.5. The molecular formula is C15H12Cl2N2O4. The van der Waals surface area contributed by atoms with Crippen LogP contribution in [0.15, 0.2) is 36.4 Å². The minimum Gasteiger partial charge on any atom is -0.477 e. The molecule has 120 valence electrons. The van der Waals surface area contributed by atoms with E-state index in [1.807, 2.05) is 6.92 Å². The van der Waals surface area contributed by atoms with E-state index in [9.17, 15) is 14.9 Å². The van der Waals surface area contributed by atoms with Crippen LogP contribution in [0.2, 0.25) is 10.0 Å². The minimum absolute atomic E-state index is 0.0302. The number of halogens is 2. The van der Waals surface area contributed by atoms with Crippen molar-refractivity contribution in [3.63, 3.8) is 0 Å². The third kappa shape index (κ3) is 4.58. The third-order valence-electron chi connectivity index (χ3n) is 2.95. The number of nitro groups is 1. The van der Waals surface area contributed by atoms with Crippen molar-refractivity contribution in [3.05, 3.63) is 62.1 Å². The Morgan fingerprint density at radius 3 is 2.57 bits per heavy atom. The second kappa shape index (κ2) is 7.30. The van der Waals surface area contributed by atoms with E-state index < -0.39 is 10.8 Å². The molecule has 6 nitrogen and oxygen atoms in total. The number of hydrogen-bond acceptors (Lipinski definition) is 4. The van der Waals surface area contributed by atoms with Gasteiger partial charge >= 0.3 is 5.69 Å². The fourth-order valence-electron chi connectivity index (χ4n) is 1.81. The van der Waals surface area contributed by atoms with E-state index in [2.05, 4.69) is 5.32 Å². The van der Waals surface area contributed by atoms with Crippen molar-refractivity contribution >= 4 is 40.5 Å². The van der Waals surface area contributed by atoms with Gasteiger partial charge in [0.25, 0.3) is 5.91 Å². The summed E-state index contributed by atoms with van der Waals surface area (Å²) in [4.78, 5) is 22.2. The fourth-order valence-corrected chi connectivity index (χ4v) is 2.15. The van der Waals surface area contributed by atoms with E-state index >= 15 is 0 Å². The standard InChI is InChI=1S/C15H12Cl2N2O4/c1-9-2-3-10(16)6-12(9)18-15(20)8-23-14-5-4-11(17)7-13(14)19(21)22/h2-7H,8H2,1H3,(H,18,20). The predicted molar refractivity (Wildman–Crippen MR) is 88.4 cm³/mol. The Balaban J connectivity index is 2.05. The minimum atomic E-state index is -0.625. The SMILES string of the molecule is Cc1ccc(Cl)cc1NC(=O)COc1ccc(Cl)cc1[N+](=O)[O-]. The maximum Gasteiger partial charge on any atom is 0.312 e. The van der Waals surface area contributed by atoms with E-state index in [1.165, 1.54) is 12.1 Å². The van der Waals surface area contributed by atoms with E-state index in [0.29, 0.717) is 10.7 Å². The average Bonchev–Trinajstić information content (AvgIpc) is 2.49. The second-order valence-corrected chi connectivity index (χ2v) is 5.54. The summed E-state index contributed by atoms with van der Waals surface area (Å²) in [5.74, 6) is -0.489. The highest BCUT2D eigenvalue weighted by molar-refractivity contribution is 6.31. The first-order valence-corrected chi connectivity index (χ1v) is 7.25. The van der Waals surface area contributed by atoms with Gasteiger partial charge in [-0.3, -0.25) is 14.9 Å².